The molecule has 0 atom stereocenters. The van der Waals surface area contributed by atoms with Gasteiger partial charge < -0.3 is 0 Å². The van der Waals surface area contributed by atoms with Gasteiger partial charge in [0.25, 0.3) is 0 Å². The van der Waals surface area contributed by atoms with Crippen molar-refractivity contribution in [1.82, 2.24) is 0 Å². The third kappa shape index (κ3) is 69.5. The normalized spacial score (nSPS) is 14.4. The maximum absolute atomic E-state index is 2.35. The Bertz CT molecular complexity index is 1600. The summed E-state index contributed by atoms with van der Waals surface area (Å²) in [6, 6.07) is 9.00. The first-order valence-electron chi connectivity index (χ1n) is 27.6. The summed E-state index contributed by atoms with van der Waals surface area (Å²) in [4.78, 5) is 0. The predicted octanol–water partition coefficient (Wildman–Crippen LogP) is 24.7. The molecule has 0 unspecified atom stereocenters. The van der Waals surface area contributed by atoms with Gasteiger partial charge in [-0.3, -0.25) is 0 Å². The van der Waals surface area contributed by atoms with E-state index in [1.54, 1.807) is 0 Å². The summed E-state index contributed by atoms with van der Waals surface area (Å²) in [7, 11) is 0. The SMILES string of the molecule is C/C(=C\C(C)(C)C)C(C)(C)C.CC(C)(C)/C=C/C(C)(C)C.CC(C)(C)/C=C/C=C/C(C)(C)C.CC(C)(C)/C=C/C=C/C=C/C(C)(C)C.CC(C)(C)CCC(C)(C)C.CC(C)(C)c1ccc(C(C)(C)C)cc1. The van der Waals surface area contributed by atoms with Gasteiger partial charge in [-0.25, -0.2) is 0 Å². The highest BCUT2D eigenvalue weighted by Crippen LogP contribution is 2.31. The number of allylic oxidation sites excluding steroid dienone is 14. The second-order valence-corrected chi connectivity index (χ2v) is 33.5. The van der Waals surface area contributed by atoms with E-state index in [0.717, 1.165) is 0 Å². The number of benzene rings is 1. The lowest BCUT2D eigenvalue weighted by molar-refractivity contribution is 0.275. The van der Waals surface area contributed by atoms with Crippen LogP contribution in [0.4, 0.5) is 0 Å². The van der Waals surface area contributed by atoms with Gasteiger partial charge in [0.05, 0.1) is 0 Å². The smallest absolute Gasteiger partial charge is 0.0132 e. The van der Waals surface area contributed by atoms with Gasteiger partial charge in [0.15, 0.2) is 0 Å². The van der Waals surface area contributed by atoms with E-state index < -0.39 is 0 Å². The second-order valence-electron chi connectivity index (χ2n) is 33.5. The van der Waals surface area contributed by atoms with Crippen LogP contribution in [0, 0.1) is 54.1 Å². The van der Waals surface area contributed by atoms with Crippen LogP contribution < -0.4 is 0 Å². The molecule has 0 heterocycles. The summed E-state index contributed by atoms with van der Waals surface area (Å²) < 4.78 is 0. The highest BCUT2D eigenvalue weighted by Gasteiger charge is 2.19. The van der Waals surface area contributed by atoms with Gasteiger partial charge in [0.2, 0.25) is 0 Å². The molecule has 0 fully saturated rings. The van der Waals surface area contributed by atoms with Gasteiger partial charge in [0.1, 0.15) is 0 Å². The number of rotatable bonds is 4. The number of hydrogen-bond acceptors (Lipinski definition) is 0. The maximum atomic E-state index is 2.35. The molecule has 0 N–H and O–H groups in total. The molecule has 0 spiro atoms. The van der Waals surface area contributed by atoms with Crippen LogP contribution in [-0.2, 0) is 10.8 Å². The lowest BCUT2D eigenvalue weighted by atomic mass is 9.81. The monoisotopic (exact) mass is 985 g/mol. The van der Waals surface area contributed by atoms with Crippen molar-refractivity contribution in [1.29, 1.82) is 0 Å². The van der Waals surface area contributed by atoms with Crippen LogP contribution in [0.15, 0.2) is 109 Å². The molecule has 0 saturated carbocycles. The van der Waals surface area contributed by atoms with E-state index in [1.165, 1.54) is 29.5 Å². The van der Waals surface area contributed by atoms with Gasteiger partial charge in [-0.05, 0) is 95.9 Å². The Morgan fingerprint density at radius 3 is 0.606 bits per heavy atom. The van der Waals surface area contributed by atoms with Gasteiger partial charge in [-0.2, -0.15) is 0 Å². The lowest BCUT2D eigenvalue weighted by Gasteiger charge is -2.24. The van der Waals surface area contributed by atoms with Crippen molar-refractivity contribution in [3.05, 3.63) is 120 Å². The average Bonchev–Trinajstić information content (AvgIpc) is 3.07. The Labute approximate surface area is 451 Å². The third-order valence-electron chi connectivity index (χ3n) is 9.99. The van der Waals surface area contributed by atoms with Gasteiger partial charge in [-0.1, -0.05) is 358 Å². The first kappa shape index (κ1) is 77.3. The highest BCUT2D eigenvalue weighted by atomic mass is 14.2. The van der Waals surface area contributed by atoms with Crippen molar-refractivity contribution < 1.29 is 0 Å². The molecular formula is C71H132. The van der Waals surface area contributed by atoms with Gasteiger partial charge in [0, 0.05) is 0 Å². The third-order valence-corrected chi connectivity index (χ3v) is 9.99. The van der Waals surface area contributed by atoms with Crippen molar-refractivity contribution in [3.63, 3.8) is 0 Å². The zero-order valence-electron chi connectivity index (χ0n) is 55.7. The molecule has 0 nitrogen and oxygen atoms in total. The first-order chi connectivity index (χ1) is 30.7. The average molecular weight is 986 g/mol. The second kappa shape index (κ2) is 31.3. The van der Waals surface area contributed by atoms with Crippen LogP contribution >= 0.6 is 0 Å². The molecule has 1 aromatic carbocycles. The van der Waals surface area contributed by atoms with E-state index in [2.05, 4.69) is 359 Å². The summed E-state index contributed by atoms with van der Waals surface area (Å²) in [5.74, 6) is 0. The summed E-state index contributed by atoms with van der Waals surface area (Å²) in [5.41, 5.74) is 8.26. The molecule has 0 bridgehead atoms. The molecule has 0 amide bonds. The molecule has 0 aromatic heterocycles. The molecule has 0 aliphatic carbocycles. The summed E-state index contributed by atoms with van der Waals surface area (Å²) in [6.45, 7) is 82.7. The predicted molar refractivity (Wildman–Crippen MR) is 336 cm³/mol. The summed E-state index contributed by atoms with van der Waals surface area (Å²) in [6.07, 6.45) is 31.0. The molecule has 1 rings (SSSR count). The molecule has 0 aliphatic rings. The minimum atomic E-state index is 0.260. The minimum absolute atomic E-state index is 0.260. The fourth-order valence-electron chi connectivity index (χ4n) is 5.09. The molecule has 0 saturated heterocycles. The Morgan fingerprint density at radius 1 is 0.282 bits per heavy atom. The fourth-order valence-corrected chi connectivity index (χ4v) is 5.09. The summed E-state index contributed by atoms with van der Waals surface area (Å²) in [5, 5.41) is 0. The van der Waals surface area contributed by atoms with E-state index in [4.69, 9.17) is 0 Å². The Morgan fingerprint density at radius 2 is 0.479 bits per heavy atom. The van der Waals surface area contributed by atoms with E-state index in [-0.39, 0.29) is 21.7 Å². The quantitative estimate of drug-likeness (QED) is 0.208. The van der Waals surface area contributed by atoms with Crippen LogP contribution in [0.2, 0.25) is 0 Å². The standard InChI is InChI=1S/C14H22.C14H24.C12H22.C11H22.C10H22.C10H20/c1-13(2,3)11-7-9-12(10-8-11)14(4,5)6;1-13(2,3)11-9-7-8-10-12-14(4,5)6;1-11(2,3)9-7-8-10-12(4,5)6;1-9(11(5,6)7)8-10(2,3)4;2*1-9(2,3)7-8-10(4,5)6/h7-10H,1-6H3;7-12H,1-6H3;7-10H,1-6H3;8H,1-7H3;7-8H2,1-6H3;7-8H,1-6H3/b;8-7+,11-9+,12-10+;9-7+,10-8+;9-8+;;8-7+. The van der Waals surface area contributed by atoms with E-state index in [1.807, 2.05) is 0 Å². The van der Waals surface area contributed by atoms with Gasteiger partial charge >= 0.3 is 0 Å². The molecule has 0 radical (unpaired) electrons. The van der Waals surface area contributed by atoms with Crippen LogP contribution in [0.5, 0.6) is 0 Å². The van der Waals surface area contributed by atoms with E-state index >= 15 is 0 Å². The molecule has 0 aliphatic heterocycles. The highest BCUT2D eigenvalue weighted by molar-refractivity contribution is 5.31. The Hall–Kier alpha value is -2.60. The first-order valence-corrected chi connectivity index (χ1v) is 27.6. The lowest BCUT2D eigenvalue weighted by Crippen LogP contribution is -2.14. The van der Waals surface area contributed by atoms with E-state index in [0.29, 0.717) is 43.3 Å². The van der Waals surface area contributed by atoms with E-state index in [9.17, 15) is 0 Å². The molecule has 0 heteroatoms. The Kier molecular flexibility index (Phi) is 34.1. The molecule has 1 aromatic rings. The van der Waals surface area contributed by atoms with Crippen molar-refractivity contribution in [2.24, 2.45) is 54.1 Å². The van der Waals surface area contributed by atoms with Gasteiger partial charge in [-0.15, -0.1) is 0 Å². The molecule has 71 heavy (non-hydrogen) atoms. The molecular weight excluding hydrogens is 853 g/mol. The molecule has 416 valence electrons. The van der Waals surface area contributed by atoms with Crippen LogP contribution in [0.1, 0.15) is 280 Å². The fraction of sp³-hybridized carbons (Fsp3) is 0.718. The van der Waals surface area contributed by atoms with Crippen molar-refractivity contribution in [3.8, 4) is 0 Å². The van der Waals surface area contributed by atoms with Crippen molar-refractivity contribution in [2.45, 2.75) is 280 Å². The van der Waals surface area contributed by atoms with Crippen LogP contribution in [0.25, 0.3) is 0 Å². The Balaban J connectivity index is -0.000000247. The van der Waals surface area contributed by atoms with Crippen LogP contribution in [0.3, 0.4) is 0 Å². The maximum Gasteiger partial charge on any atom is -0.0132 e. The van der Waals surface area contributed by atoms with Crippen molar-refractivity contribution in [2.75, 3.05) is 0 Å². The number of hydrogen-bond donors (Lipinski definition) is 0. The zero-order valence-corrected chi connectivity index (χ0v) is 55.7. The zero-order chi connectivity index (χ0) is 58.2. The van der Waals surface area contributed by atoms with Crippen LogP contribution in [-0.4, -0.2) is 0 Å². The largest absolute Gasteiger partial charge is 0.0826 e. The topological polar surface area (TPSA) is 0 Å². The minimum Gasteiger partial charge on any atom is -0.0826 e. The van der Waals surface area contributed by atoms with Crippen molar-refractivity contribution >= 4 is 0 Å². The summed E-state index contributed by atoms with van der Waals surface area (Å²) >= 11 is 0.